The summed E-state index contributed by atoms with van der Waals surface area (Å²) in [6.45, 7) is 1.77. The zero-order chi connectivity index (χ0) is 24.2. The number of nitrogens with one attached hydrogen (secondary N) is 1. The van der Waals surface area contributed by atoms with Crippen LogP contribution in [-0.2, 0) is 0 Å². The van der Waals surface area contributed by atoms with Gasteiger partial charge in [0.1, 0.15) is 11.6 Å². The number of carbonyl (C=O) groups excluding carboxylic acids is 1. The van der Waals surface area contributed by atoms with Gasteiger partial charge in [-0.25, -0.2) is 4.39 Å². The molecule has 4 nitrogen and oxygen atoms in total. The average molecular weight is 467 g/mol. The molecule has 4 aromatic rings. The summed E-state index contributed by atoms with van der Waals surface area (Å²) in [5.74, 6) is -0.0748. The van der Waals surface area contributed by atoms with E-state index in [2.05, 4.69) is 34.5 Å². The minimum Gasteiger partial charge on any atom is -0.508 e. The number of hydrogen-bond donors (Lipinski definition) is 2. The van der Waals surface area contributed by atoms with E-state index in [1.165, 1.54) is 11.6 Å². The molecule has 0 aliphatic carbocycles. The van der Waals surface area contributed by atoms with E-state index in [-0.39, 0.29) is 17.3 Å². The van der Waals surface area contributed by atoms with Crippen LogP contribution in [0.3, 0.4) is 0 Å². The maximum absolute atomic E-state index is 14.6. The largest absolute Gasteiger partial charge is 0.508 e. The Labute approximate surface area is 204 Å². The Hall–Kier alpha value is -4.12. The van der Waals surface area contributed by atoms with Gasteiger partial charge < -0.3 is 15.3 Å². The molecule has 0 saturated carbocycles. The number of phenols is 1. The van der Waals surface area contributed by atoms with Crippen molar-refractivity contribution in [3.63, 3.8) is 0 Å². The fourth-order valence-electron chi connectivity index (χ4n) is 4.66. The molecule has 5 rings (SSSR count). The summed E-state index contributed by atoms with van der Waals surface area (Å²) in [5, 5.41) is 12.2. The van der Waals surface area contributed by atoms with Gasteiger partial charge in [0, 0.05) is 24.3 Å². The van der Waals surface area contributed by atoms with Crippen LogP contribution in [0, 0.1) is 5.82 Å². The number of phenolic OH excluding ortho intramolecular Hbond substituents is 1. The fourth-order valence-corrected chi connectivity index (χ4v) is 4.66. The van der Waals surface area contributed by atoms with Crippen LogP contribution in [0.25, 0.3) is 11.1 Å². The first-order chi connectivity index (χ1) is 17.1. The third kappa shape index (κ3) is 5.19. The summed E-state index contributed by atoms with van der Waals surface area (Å²) < 4.78 is 14.6. The molecule has 1 aliphatic rings. The Bertz CT molecular complexity index is 1300. The predicted molar refractivity (Wildman–Crippen MR) is 139 cm³/mol. The molecular weight excluding hydrogens is 439 g/mol. The topological polar surface area (TPSA) is 52.6 Å². The van der Waals surface area contributed by atoms with Crippen molar-refractivity contribution in [3.8, 4) is 16.9 Å². The lowest BCUT2D eigenvalue weighted by atomic mass is 9.89. The van der Waals surface area contributed by atoms with Crippen molar-refractivity contribution < 1.29 is 14.3 Å². The molecular formula is C30H27FN2O2. The Morgan fingerprint density at radius 1 is 0.829 bits per heavy atom. The standard InChI is InChI=1S/C30H27FN2O2/c31-28-15-12-26(33-18-16-24(17-19-33)21-4-2-1-3-5-21)20-29(28)32-30(35)25-8-6-22(7-9-25)23-10-13-27(34)14-11-23/h1-15,20,24,34H,16-19H2,(H,32,35). The van der Waals surface area contributed by atoms with Crippen molar-refractivity contribution in [2.75, 3.05) is 23.3 Å². The van der Waals surface area contributed by atoms with Crippen molar-refractivity contribution in [1.29, 1.82) is 0 Å². The molecule has 0 aromatic heterocycles. The van der Waals surface area contributed by atoms with Gasteiger partial charge in [-0.15, -0.1) is 0 Å². The van der Waals surface area contributed by atoms with Gasteiger partial charge in [-0.05, 0) is 77.9 Å². The molecule has 1 aliphatic heterocycles. The number of aromatic hydroxyl groups is 1. The maximum atomic E-state index is 14.6. The van der Waals surface area contributed by atoms with Gasteiger partial charge in [0.05, 0.1) is 5.69 Å². The van der Waals surface area contributed by atoms with Crippen LogP contribution in [-0.4, -0.2) is 24.1 Å². The molecule has 0 bridgehead atoms. The Kier molecular flexibility index (Phi) is 6.49. The number of carbonyl (C=O) groups is 1. The van der Waals surface area contributed by atoms with E-state index < -0.39 is 5.82 Å². The number of amides is 1. The van der Waals surface area contributed by atoms with Crippen LogP contribution in [0.1, 0.15) is 34.7 Å². The molecule has 35 heavy (non-hydrogen) atoms. The molecule has 0 atom stereocenters. The molecule has 5 heteroatoms. The van der Waals surface area contributed by atoms with Crippen LogP contribution < -0.4 is 10.2 Å². The number of piperidine rings is 1. The highest BCUT2D eigenvalue weighted by Crippen LogP contribution is 2.32. The Morgan fingerprint density at radius 2 is 1.46 bits per heavy atom. The van der Waals surface area contributed by atoms with Gasteiger partial charge in [0.25, 0.3) is 5.91 Å². The number of hydrogen-bond acceptors (Lipinski definition) is 3. The lowest BCUT2D eigenvalue weighted by Gasteiger charge is -2.34. The van der Waals surface area contributed by atoms with Crippen LogP contribution in [0.15, 0.2) is 97.1 Å². The average Bonchev–Trinajstić information content (AvgIpc) is 2.91. The van der Waals surface area contributed by atoms with Gasteiger partial charge in [-0.1, -0.05) is 54.6 Å². The van der Waals surface area contributed by atoms with Crippen LogP contribution in [0.5, 0.6) is 5.75 Å². The number of rotatable bonds is 5. The minimum absolute atomic E-state index is 0.181. The monoisotopic (exact) mass is 466 g/mol. The second-order valence-electron chi connectivity index (χ2n) is 8.91. The maximum Gasteiger partial charge on any atom is 0.255 e. The lowest BCUT2D eigenvalue weighted by molar-refractivity contribution is 0.102. The van der Waals surface area contributed by atoms with E-state index in [0.717, 1.165) is 42.7 Å². The first kappa shape index (κ1) is 22.7. The van der Waals surface area contributed by atoms with Crippen molar-refractivity contribution in [3.05, 3.63) is 114 Å². The van der Waals surface area contributed by atoms with Crippen LogP contribution >= 0.6 is 0 Å². The van der Waals surface area contributed by atoms with E-state index in [1.807, 2.05) is 30.3 Å². The molecule has 1 amide bonds. The summed E-state index contributed by atoms with van der Waals surface area (Å²) in [4.78, 5) is 15.1. The van der Waals surface area contributed by atoms with Crippen LogP contribution in [0.2, 0.25) is 0 Å². The highest BCUT2D eigenvalue weighted by atomic mass is 19.1. The molecule has 1 saturated heterocycles. The normalized spacial score (nSPS) is 14.0. The van der Waals surface area contributed by atoms with Gasteiger partial charge in [-0.2, -0.15) is 0 Å². The molecule has 1 fully saturated rings. The SMILES string of the molecule is O=C(Nc1cc(N2CCC(c3ccccc3)CC2)ccc1F)c1ccc(-c2ccc(O)cc2)cc1. The van der Waals surface area contributed by atoms with E-state index >= 15 is 0 Å². The molecule has 2 N–H and O–H groups in total. The molecule has 4 aromatic carbocycles. The second kappa shape index (κ2) is 10.0. The number of anilines is 2. The first-order valence-electron chi connectivity index (χ1n) is 11.9. The summed E-state index contributed by atoms with van der Waals surface area (Å²) in [6, 6.07) is 29.5. The Balaban J connectivity index is 1.25. The molecule has 0 unspecified atom stereocenters. The van der Waals surface area contributed by atoms with E-state index in [4.69, 9.17) is 0 Å². The number of benzene rings is 4. The second-order valence-corrected chi connectivity index (χ2v) is 8.91. The van der Waals surface area contributed by atoms with E-state index in [1.54, 1.807) is 36.4 Å². The summed E-state index contributed by atoms with van der Waals surface area (Å²) in [5.41, 5.74) is 4.77. The van der Waals surface area contributed by atoms with Gasteiger partial charge in [0.2, 0.25) is 0 Å². The summed E-state index contributed by atoms with van der Waals surface area (Å²) in [7, 11) is 0. The van der Waals surface area contributed by atoms with E-state index in [0.29, 0.717) is 11.5 Å². The van der Waals surface area contributed by atoms with Crippen molar-refractivity contribution >= 4 is 17.3 Å². The molecule has 1 heterocycles. The van der Waals surface area contributed by atoms with Gasteiger partial charge >= 0.3 is 0 Å². The van der Waals surface area contributed by atoms with Gasteiger partial charge in [0.15, 0.2) is 0 Å². The van der Waals surface area contributed by atoms with Crippen molar-refractivity contribution in [1.82, 2.24) is 0 Å². The first-order valence-corrected chi connectivity index (χ1v) is 11.9. The van der Waals surface area contributed by atoms with Crippen molar-refractivity contribution in [2.45, 2.75) is 18.8 Å². The molecule has 0 radical (unpaired) electrons. The highest BCUT2D eigenvalue weighted by Gasteiger charge is 2.21. The third-order valence-electron chi connectivity index (χ3n) is 6.68. The zero-order valence-electron chi connectivity index (χ0n) is 19.3. The van der Waals surface area contributed by atoms with Crippen molar-refractivity contribution in [2.24, 2.45) is 0 Å². The summed E-state index contributed by atoms with van der Waals surface area (Å²) in [6.07, 6.45) is 2.08. The van der Waals surface area contributed by atoms with Gasteiger partial charge in [-0.3, -0.25) is 4.79 Å². The number of halogens is 1. The number of nitrogens with zero attached hydrogens (tertiary/aromatic N) is 1. The Morgan fingerprint density at radius 3 is 2.11 bits per heavy atom. The highest BCUT2D eigenvalue weighted by molar-refractivity contribution is 6.04. The molecule has 176 valence electrons. The van der Waals surface area contributed by atoms with E-state index in [9.17, 15) is 14.3 Å². The minimum atomic E-state index is -0.456. The zero-order valence-corrected chi connectivity index (χ0v) is 19.3. The quantitative estimate of drug-likeness (QED) is 0.339. The third-order valence-corrected chi connectivity index (χ3v) is 6.68. The summed E-state index contributed by atoms with van der Waals surface area (Å²) >= 11 is 0. The smallest absolute Gasteiger partial charge is 0.255 e. The molecule has 0 spiro atoms. The fraction of sp³-hybridized carbons (Fsp3) is 0.167. The van der Waals surface area contributed by atoms with Crippen LogP contribution in [0.4, 0.5) is 15.8 Å². The predicted octanol–water partition coefficient (Wildman–Crippen LogP) is 6.83. The lowest BCUT2D eigenvalue weighted by Crippen LogP contribution is -2.33.